The van der Waals surface area contributed by atoms with Gasteiger partial charge in [0.05, 0.1) is 11.9 Å². The van der Waals surface area contributed by atoms with Crippen LogP contribution in [0.2, 0.25) is 0 Å². The summed E-state index contributed by atoms with van der Waals surface area (Å²) >= 11 is 0. The fraction of sp³-hybridized carbons (Fsp3) is 0.308. The molecule has 0 aliphatic carbocycles. The highest BCUT2D eigenvalue weighted by molar-refractivity contribution is 5.67. The van der Waals surface area contributed by atoms with E-state index in [0.717, 1.165) is 12.2 Å². The second-order valence-electron chi connectivity index (χ2n) is 4.05. The van der Waals surface area contributed by atoms with Gasteiger partial charge >= 0.3 is 0 Å². The lowest BCUT2D eigenvalue weighted by molar-refractivity contribution is 0.820. The van der Waals surface area contributed by atoms with Crippen molar-refractivity contribution in [2.45, 2.75) is 20.4 Å². The van der Waals surface area contributed by atoms with Gasteiger partial charge in [-0.2, -0.15) is 5.10 Å². The summed E-state index contributed by atoms with van der Waals surface area (Å²) in [4.78, 5) is 0. The minimum atomic E-state index is 0.833. The summed E-state index contributed by atoms with van der Waals surface area (Å²) < 4.78 is 0. The van der Waals surface area contributed by atoms with Crippen LogP contribution in [0.4, 0.5) is 0 Å². The lowest BCUT2D eigenvalue weighted by atomic mass is 9.99. The fourth-order valence-electron chi connectivity index (χ4n) is 1.89. The number of hydrogen-bond acceptors (Lipinski definition) is 2. The molecule has 1 heterocycles. The van der Waals surface area contributed by atoms with E-state index in [4.69, 9.17) is 0 Å². The molecule has 0 fully saturated rings. The summed E-state index contributed by atoms with van der Waals surface area (Å²) in [5.41, 5.74) is 6.18. The molecular formula is C13H17N3. The number of nitrogens with one attached hydrogen (secondary N) is 2. The van der Waals surface area contributed by atoms with Crippen molar-refractivity contribution in [3.05, 3.63) is 41.1 Å². The molecule has 0 spiro atoms. The first-order chi connectivity index (χ1) is 7.74. The van der Waals surface area contributed by atoms with Crippen LogP contribution in [0.25, 0.3) is 11.3 Å². The van der Waals surface area contributed by atoms with Crippen LogP contribution in [0.15, 0.2) is 24.4 Å². The molecule has 0 saturated carbocycles. The largest absolute Gasteiger partial charge is 0.316 e. The molecule has 0 saturated heterocycles. The highest BCUT2D eigenvalue weighted by Gasteiger charge is 2.09. The topological polar surface area (TPSA) is 40.7 Å². The molecule has 0 bridgehead atoms. The second-order valence-corrected chi connectivity index (χ2v) is 4.05. The first-order valence-electron chi connectivity index (χ1n) is 5.47. The van der Waals surface area contributed by atoms with E-state index in [9.17, 15) is 0 Å². The minimum Gasteiger partial charge on any atom is -0.316 e. The molecule has 0 unspecified atom stereocenters. The van der Waals surface area contributed by atoms with Crippen LogP contribution in [0.3, 0.4) is 0 Å². The molecular weight excluding hydrogens is 198 g/mol. The van der Waals surface area contributed by atoms with Crippen molar-refractivity contribution >= 4 is 0 Å². The van der Waals surface area contributed by atoms with Crippen LogP contribution < -0.4 is 5.32 Å². The van der Waals surface area contributed by atoms with Crippen LogP contribution in [0.1, 0.15) is 16.7 Å². The molecule has 1 aromatic heterocycles. The Bertz CT molecular complexity index is 486. The molecule has 0 atom stereocenters. The number of aromatic nitrogens is 2. The lowest BCUT2D eigenvalue weighted by Crippen LogP contribution is -2.05. The zero-order valence-corrected chi connectivity index (χ0v) is 9.96. The molecule has 16 heavy (non-hydrogen) atoms. The van der Waals surface area contributed by atoms with Crippen LogP contribution in [-0.4, -0.2) is 17.2 Å². The Labute approximate surface area is 95.9 Å². The Morgan fingerprint density at radius 1 is 1.31 bits per heavy atom. The molecule has 84 valence electrons. The van der Waals surface area contributed by atoms with Crippen molar-refractivity contribution < 1.29 is 0 Å². The fourth-order valence-corrected chi connectivity index (χ4v) is 1.89. The Balaban J connectivity index is 2.50. The van der Waals surface area contributed by atoms with Gasteiger partial charge in [-0.25, -0.2) is 0 Å². The Kier molecular flexibility index (Phi) is 3.06. The maximum atomic E-state index is 4.12. The zero-order chi connectivity index (χ0) is 11.5. The number of aryl methyl sites for hydroxylation is 1. The first kappa shape index (κ1) is 10.9. The molecule has 0 amide bonds. The second kappa shape index (κ2) is 4.49. The van der Waals surface area contributed by atoms with Crippen LogP contribution in [-0.2, 0) is 6.54 Å². The van der Waals surface area contributed by atoms with E-state index < -0.39 is 0 Å². The van der Waals surface area contributed by atoms with Crippen molar-refractivity contribution in [3.63, 3.8) is 0 Å². The van der Waals surface area contributed by atoms with Crippen LogP contribution in [0.5, 0.6) is 0 Å². The van der Waals surface area contributed by atoms with E-state index in [1.807, 2.05) is 13.2 Å². The van der Waals surface area contributed by atoms with E-state index in [2.05, 4.69) is 47.6 Å². The summed E-state index contributed by atoms with van der Waals surface area (Å²) in [6.45, 7) is 5.11. The molecule has 0 aliphatic heterocycles. The van der Waals surface area contributed by atoms with E-state index in [1.54, 1.807) is 0 Å². The van der Waals surface area contributed by atoms with Crippen molar-refractivity contribution in [3.8, 4) is 11.3 Å². The number of rotatable bonds is 3. The normalized spacial score (nSPS) is 10.7. The average Bonchev–Trinajstić information content (AvgIpc) is 2.71. The smallest absolute Gasteiger partial charge is 0.0697 e. The van der Waals surface area contributed by atoms with Gasteiger partial charge in [-0.3, -0.25) is 5.10 Å². The van der Waals surface area contributed by atoms with Crippen molar-refractivity contribution in [2.24, 2.45) is 0 Å². The van der Waals surface area contributed by atoms with Gasteiger partial charge < -0.3 is 5.32 Å². The molecule has 2 N–H and O–H groups in total. The Morgan fingerprint density at radius 2 is 2.12 bits per heavy atom. The van der Waals surface area contributed by atoms with Gasteiger partial charge in [0.25, 0.3) is 0 Å². The van der Waals surface area contributed by atoms with Crippen molar-refractivity contribution in [1.29, 1.82) is 0 Å². The quantitative estimate of drug-likeness (QED) is 0.825. The Morgan fingerprint density at radius 3 is 2.88 bits per heavy atom. The molecule has 2 aromatic rings. The summed E-state index contributed by atoms with van der Waals surface area (Å²) in [5.74, 6) is 0. The van der Waals surface area contributed by atoms with Gasteiger partial charge in [-0.1, -0.05) is 18.2 Å². The maximum Gasteiger partial charge on any atom is 0.0697 e. The summed E-state index contributed by atoms with van der Waals surface area (Å²) in [7, 11) is 1.94. The van der Waals surface area contributed by atoms with Gasteiger partial charge in [0.15, 0.2) is 0 Å². The van der Waals surface area contributed by atoms with E-state index in [1.165, 1.54) is 22.3 Å². The summed E-state index contributed by atoms with van der Waals surface area (Å²) in [6.07, 6.45) is 1.88. The lowest BCUT2D eigenvalue weighted by Gasteiger charge is -2.08. The van der Waals surface area contributed by atoms with E-state index >= 15 is 0 Å². The van der Waals surface area contributed by atoms with Gasteiger partial charge in [0.2, 0.25) is 0 Å². The van der Waals surface area contributed by atoms with E-state index in [0.29, 0.717) is 0 Å². The summed E-state index contributed by atoms with van der Waals surface area (Å²) in [6, 6.07) is 6.35. The number of H-pyrrole nitrogens is 1. The maximum absolute atomic E-state index is 4.12. The molecule has 3 nitrogen and oxygen atoms in total. The predicted molar refractivity (Wildman–Crippen MR) is 66.3 cm³/mol. The van der Waals surface area contributed by atoms with E-state index in [-0.39, 0.29) is 0 Å². The molecule has 0 aliphatic rings. The predicted octanol–water partition coefficient (Wildman–Crippen LogP) is 2.41. The average molecular weight is 215 g/mol. The third kappa shape index (κ3) is 1.86. The molecule has 0 radical (unpaired) electrons. The van der Waals surface area contributed by atoms with Crippen LogP contribution in [0, 0.1) is 13.8 Å². The summed E-state index contributed by atoms with van der Waals surface area (Å²) in [5, 5.41) is 10.4. The highest BCUT2D eigenvalue weighted by atomic mass is 15.1. The third-order valence-corrected chi connectivity index (χ3v) is 2.96. The number of benzene rings is 1. The van der Waals surface area contributed by atoms with Crippen molar-refractivity contribution in [2.75, 3.05) is 7.05 Å². The highest BCUT2D eigenvalue weighted by Crippen LogP contribution is 2.26. The number of nitrogens with zero attached hydrogens (tertiary/aromatic N) is 1. The first-order valence-corrected chi connectivity index (χ1v) is 5.47. The minimum absolute atomic E-state index is 0.833. The monoisotopic (exact) mass is 215 g/mol. The standard InChI is InChI=1S/C13H17N3/c1-9-5-4-6-12(10(9)2)13-11(7-14-3)8-15-16-13/h4-6,8,14H,7H2,1-3H3,(H,15,16). The van der Waals surface area contributed by atoms with Gasteiger partial charge in [0, 0.05) is 17.7 Å². The number of hydrogen-bond donors (Lipinski definition) is 2. The third-order valence-electron chi connectivity index (χ3n) is 2.96. The SMILES string of the molecule is CNCc1cn[nH]c1-c1cccc(C)c1C. The molecule has 3 heteroatoms. The van der Waals surface area contributed by atoms with Gasteiger partial charge in [-0.05, 0) is 32.0 Å². The van der Waals surface area contributed by atoms with Crippen LogP contribution >= 0.6 is 0 Å². The zero-order valence-electron chi connectivity index (χ0n) is 9.96. The Hall–Kier alpha value is -1.61. The number of aromatic amines is 1. The van der Waals surface area contributed by atoms with Gasteiger partial charge in [-0.15, -0.1) is 0 Å². The molecule has 1 aromatic carbocycles. The van der Waals surface area contributed by atoms with Crippen molar-refractivity contribution in [1.82, 2.24) is 15.5 Å². The van der Waals surface area contributed by atoms with Gasteiger partial charge in [0.1, 0.15) is 0 Å². The molecule has 2 rings (SSSR count).